The molecule has 1 aliphatic heterocycles. The van der Waals surface area contributed by atoms with E-state index < -0.39 is 0 Å². The average Bonchev–Trinajstić information content (AvgIpc) is 2.85. The molecule has 2 aromatic rings. The number of aromatic hydroxyl groups is 1. The molecule has 1 fully saturated rings. The van der Waals surface area contributed by atoms with Gasteiger partial charge in [-0.2, -0.15) is 0 Å². The highest BCUT2D eigenvalue weighted by molar-refractivity contribution is 14.1. The van der Waals surface area contributed by atoms with Gasteiger partial charge in [-0.05, 0) is 75.8 Å². The van der Waals surface area contributed by atoms with Crippen molar-refractivity contribution in [3.63, 3.8) is 0 Å². The average molecular weight is 502 g/mol. The number of phenolic OH excluding ortho intramolecular Hbond substituents is 1. The van der Waals surface area contributed by atoms with Crippen molar-refractivity contribution in [3.05, 3.63) is 61.0 Å². The van der Waals surface area contributed by atoms with Crippen molar-refractivity contribution in [2.24, 2.45) is 0 Å². The summed E-state index contributed by atoms with van der Waals surface area (Å²) in [5.41, 5.74) is 1.44. The maximum atomic E-state index is 12.6. The molecule has 134 valence electrons. The zero-order valence-electron chi connectivity index (χ0n) is 13.5. The second-order valence-corrected chi connectivity index (χ2v) is 8.04. The minimum atomic E-state index is -0.359. The summed E-state index contributed by atoms with van der Waals surface area (Å²) in [5, 5.41) is 10.1. The fourth-order valence-corrected chi connectivity index (χ4v) is 4.11. The summed E-state index contributed by atoms with van der Waals surface area (Å²) in [4.78, 5) is 26.4. The number of hydrogen-bond donors (Lipinski definition) is 1. The lowest BCUT2D eigenvalue weighted by Gasteiger charge is -2.12. The minimum absolute atomic E-state index is 0.0410. The normalized spacial score (nSPS) is 15.8. The van der Waals surface area contributed by atoms with E-state index in [-0.39, 0.29) is 23.4 Å². The molecule has 8 heteroatoms. The number of phenols is 1. The number of benzene rings is 2. The number of ether oxygens (including phenoxy) is 1. The van der Waals surface area contributed by atoms with E-state index in [1.165, 1.54) is 12.0 Å². The van der Waals surface area contributed by atoms with Gasteiger partial charge in [0.2, 0.25) is 0 Å². The Morgan fingerprint density at radius 2 is 2.08 bits per heavy atom. The molecule has 1 saturated heterocycles. The van der Waals surface area contributed by atoms with Crippen LogP contribution >= 0.6 is 46.0 Å². The molecule has 0 spiro atoms. The summed E-state index contributed by atoms with van der Waals surface area (Å²) in [7, 11) is 1.45. The first-order valence-electron chi connectivity index (χ1n) is 7.45. The van der Waals surface area contributed by atoms with Gasteiger partial charge in [0.15, 0.2) is 11.5 Å². The summed E-state index contributed by atoms with van der Waals surface area (Å²) < 4.78 is 5.71. The lowest BCUT2D eigenvalue weighted by atomic mass is 10.1. The number of amides is 2. The Morgan fingerprint density at radius 1 is 1.31 bits per heavy atom. The molecule has 1 aliphatic rings. The van der Waals surface area contributed by atoms with E-state index in [9.17, 15) is 14.7 Å². The highest BCUT2D eigenvalue weighted by atomic mass is 127. The van der Waals surface area contributed by atoms with Crippen molar-refractivity contribution in [1.82, 2.24) is 4.90 Å². The number of imide groups is 1. The first kappa shape index (κ1) is 19.1. The van der Waals surface area contributed by atoms with Gasteiger partial charge < -0.3 is 9.84 Å². The zero-order chi connectivity index (χ0) is 18.8. The predicted octanol–water partition coefficient (Wildman–Crippen LogP) is 4.90. The monoisotopic (exact) mass is 501 g/mol. The molecule has 0 aliphatic carbocycles. The molecule has 0 saturated carbocycles. The zero-order valence-corrected chi connectivity index (χ0v) is 17.3. The van der Waals surface area contributed by atoms with Gasteiger partial charge in [0.05, 0.1) is 22.1 Å². The first-order valence-corrected chi connectivity index (χ1v) is 9.72. The van der Waals surface area contributed by atoms with Crippen LogP contribution in [0.4, 0.5) is 4.79 Å². The topological polar surface area (TPSA) is 66.8 Å². The third-order valence-corrected chi connectivity index (χ3v) is 5.64. The molecule has 0 bridgehead atoms. The number of methoxy groups -OCH3 is 1. The number of rotatable bonds is 4. The van der Waals surface area contributed by atoms with Crippen molar-refractivity contribution < 1.29 is 19.4 Å². The van der Waals surface area contributed by atoms with Gasteiger partial charge >= 0.3 is 0 Å². The Kier molecular flexibility index (Phi) is 5.79. The molecule has 0 atom stereocenters. The lowest BCUT2D eigenvalue weighted by molar-refractivity contribution is -0.123. The highest BCUT2D eigenvalue weighted by Gasteiger charge is 2.35. The Morgan fingerprint density at radius 3 is 2.77 bits per heavy atom. The Balaban J connectivity index is 1.87. The largest absolute Gasteiger partial charge is 0.504 e. The molecule has 0 aromatic heterocycles. The minimum Gasteiger partial charge on any atom is -0.504 e. The molecular formula is C18H13ClINO4S. The first-order chi connectivity index (χ1) is 12.4. The maximum absolute atomic E-state index is 12.6. The van der Waals surface area contributed by atoms with Crippen LogP contribution in [0.3, 0.4) is 0 Å². The molecule has 5 nitrogen and oxygen atoms in total. The van der Waals surface area contributed by atoms with Crippen LogP contribution in [0.2, 0.25) is 5.02 Å². The predicted molar refractivity (Wildman–Crippen MR) is 110 cm³/mol. The van der Waals surface area contributed by atoms with Gasteiger partial charge in [0, 0.05) is 5.02 Å². The van der Waals surface area contributed by atoms with Gasteiger partial charge in [-0.25, -0.2) is 0 Å². The molecule has 3 rings (SSSR count). The Labute approximate surface area is 173 Å². The smallest absolute Gasteiger partial charge is 0.293 e. The van der Waals surface area contributed by atoms with Gasteiger partial charge in [-0.1, -0.05) is 23.7 Å². The molecule has 1 N–H and O–H groups in total. The van der Waals surface area contributed by atoms with Crippen molar-refractivity contribution in [1.29, 1.82) is 0 Å². The molecule has 26 heavy (non-hydrogen) atoms. The SMILES string of the molecule is COc1cc(/C=C2\SC(=O)N(Cc3cccc(Cl)c3)C2=O)cc(I)c1O. The van der Waals surface area contributed by atoms with Crippen LogP contribution in [0.1, 0.15) is 11.1 Å². The van der Waals surface area contributed by atoms with Crippen LogP contribution in [0.15, 0.2) is 41.3 Å². The van der Waals surface area contributed by atoms with Gasteiger partial charge in [0.1, 0.15) is 0 Å². The lowest BCUT2D eigenvalue weighted by Crippen LogP contribution is -2.27. The summed E-state index contributed by atoms with van der Waals surface area (Å²) >= 11 is 8.82. The van der Waals surface area contributed by atoms with Crippen LogP contribution in [0.5, 0.6) is 11.5 Å². The third kappa shape index (κ3) is 3.99. The Bertz CT molecular complexity index is 931. The van der Waals surface area contributed by atoms with E-state index in [0.717, 1.165) is 17.3 Å². The van der Waals surface area contributed by atoms with Crippen molar-refractivity contribution in [2.45, 2.75) is 6.54 Å². The van der Waals surface area contributed by atoms with Gasteiger partial charge in [0.25, 0.3) is 11.1 Å². The van der Waals surface area contributed by atoms with E-state index in [1.807, 2.05) is 28.7 Å². The molecule has 0 radical (unpaired) electrons. The highest BCUT2D eigenvalue weighted by Crippen LogP contribution is 2.37. The van der Waals surface area contributed by atoms with Crippen molar-refractivity contribution in [2.75, 3.05) is 7.11 Å². The van der Waals surface area contributed by atoms with Crippen LogP contribution < -0.4 is 4.74 Å². The van der Waals surface area contributed by atoms with Crippen molar-refractivity contribution in [3.8, 4) is 11.5 Å². The number of hydrogen-bond acceptors (Lipinski definition) is 5. The van der Waals surface area contributed by atoms with E-state index in [2.05, 4.69) is 0 Å². The van der Waals surface area contributed by atoms with Gasteiger partial charge in [-0.3, -0.25) is 14.5 Å². The second-order valence-electron chi connectivity index (χ2n) is 5.45. The number of nitrogens with zero attached hydrogens (tertiary/aromatic N) is 1. The van der Waals surface area contributed by atoms with E-state index in [1.54, 1.807) is 36.4 Å². The standard InChI is InChI=1S/C18H13ClINO4S/c1-25-14-7-11(6-13(20)16(14)22)8-15-17(23)21(18(24)26-15)9-10-3-2-4-12(19)5-10/h2-8,22H,9H2,1H3/b15-8-. The van der Waals surface area contributed by atoms with Crippen molar-refractivity contribution >= 4 is 63.2 Å². The van der Waals surface area contributed by atoms with Crippen LogP contribution in [0.25, 0.3) is 6.08 Å². The quantitative estimate of drug-likeness (QED) is 0.477. The van der Waals surface area contributed by atoms with E-state index in [0.29, 0.717) is 24.8 Å². The molecule has 1 heterocycles. The Hall–Kier alpha value is -1.71. The van der Waals surface area contributed by atoms with Crippen LogP contribution in [-0.2, 0) is 11.3 Å². The number of carbonyl (C=O) groups is 2. The van der Waals surface area contributed by atoms with E-state index >= 15 is 0 Å². The molecule has 2 amide bonds. The summed E-state index contributed by atoms with van der Waals surface area (Å²) in [5.74, 6) is -0.0114. The fraction of sp³-hybridized carbons (Fsp3) is 0.111. The second kappa shape index (κ2) is 7.89. The fourth-order valence-electron chi connectivity index (χ4n) is 2.44. The summed E-state index contributed by atoms with van der Waals surface area (Å²) in [6.45, 7) is 0.166. The number of thioether (sulfide) groups is 1. The molecule has 2 aromatic carbocycles. The summed E-state index contributed by atoms with van der Waals surface area (Å²) in [6.07, 6.45) is 1.62. The number of halogens is 2. The van der Waals surface area contributed by atoms with Crippen LogP contribution in [0, 0.1) is 3.57 Å². The summed E-state index contributed by atoms with van der Waals surface area (Å²) in [6, 6.07) is 10.4. The number of carbonyl (C=O) groups excluding carboxylic acids is 2. The van der Waals surface area contributed by atoms with E-state index in [4.69, 9.17) is 16.3 Å². The maximum Gasteiger partial charge on any atom is 0.293 e. The molecular weight excluding hydrogens is 489 g/mol. The van der Waals surface area contributed by atoms with Crippen LogP contribution in [-0.4, -0.2) is 28.3 Å². The third-order valence-electron chi connectivity index (χ3n) is 3.67. The van der Waals surface area contributed by atoms with Gasteiger partial charge in [-0.15, -0.1) is 0 Å². The molecule has 0 unspecified atom stereocenters.